The van der Waals surface area contributed by atoms with Crippen molar-refractivity contribution in [2.75, 3.05) is 0 Å². The van der Waals surface area contributed by atoms with E-state index in [-0.39, 0.29) is 0 Å². The Balaban J connectivity index is 2.55. The van der Waals surface area contributed by atoms with Crippen molar-refractivity contribution in [3.8, 4) is 0 Å². The van der Waals surface area contributed by atoms with Crippen LogP contribution in [-0.2, 0) is 6.54 Å². The van der Waals surface area contributed by atoms with E-state index < -0.39 is 5.97 Å². The molecule has 0 saturated carbocycles. The van der Waals surface area contributed by atoms with Crippen molar-refractivity contribution in [1.29, 1.82) is 0 Å². The molecule has 0 fully saturated rings. The van der Waals surface area contributed by atoms with Crippen LogP contribution in [0.25, 0.3) is 10.9 Å². The summed E-state index contributed by atoms with van der Waals surface area (Å²) in [5, 5.41) is 10.1. The minimum atomic E-state index is -0.854. The molecular formula is C13H15NO2. The molecule has 1 aromatic carbocycles. The number of fused-ring (bicyclic) bond motifs is 1. The zero-order chi connectivity index (χ0) is 11.5. The summed E-state index contributed by atoms with van der Waals surface area (Å²) in [6.45, 7) is 2.87. The van der Waals surface area contributed by atoms with Gasteiger partial charge < -0.3 is 9.67 Å². The number of hydrogen-bond donors (Lipinski definition) is 1. The highest BCUT2D eigenvalue weighted by Crippen LogP contribution is 2.20. The first-order chi connectivity index (χ1) is 7.74. The third-order valence-electron chi connectivity index (χ3n) is 2.76. The fraction of sp³-hybridized carbons (Fsp3) is 0.308. The van der Waals surface area contributed by atoms with Gasteiger partial charge in [0.15, 0.2) is 0 Å². The molecule has 0 amide bonds. The number of benzene rings is 1. The molecule has 1 heterocycles. The van der Waals surface area contributed by atoms with Crippen molar-refractivity contribution in [3.63, 3.8) is 0 Å². The van der Waals surface area contributed by atoms with Gasteiger partial charge in [0, 0.05) is 17.4 Å². The molecule has 1 N–H and O–H groups in total. The third kappa shape index (κ3) is 1.81. The Hall–Kier alpha value is -1.77. The number of aryl methyl sites for hydroxylation is 1. The Morgan fingerprint density at radius 2 is 2.12 bits per heavy atom. The number of unbranched alkanes of at least 4 members (excludes halogenated alkanes) is 1. The topological polar surface area (TPSA) is 42.2 Å². The van der Waals surface area contributed by atoms with Crippen LogP contribution in [-0.4, -0.2) is 15.6 Å². The first kappa shape index (κ1) is 10.7. The predicted octanol–water partition coefficient (Wildman–Crippen LogP) is 3.14. The average Bonchev–Trinajstić information content (AvgIpc) is 2.65. The number of para-hydroxylation sites is 1. The lowest BCUT2D eigenvalue weighted by molar-refractivity contribution is 0.0685. The molecule has 0 radical (unpaired) electrons. The van der Waals surface area contributed by atoms with E-state index in [1.807, 2.05) is 28.8 Å². The van der Waals surface area contributed by atoms with Gasteiger partial charge in [0.1, 0.15) is 5.69 Å². The highest BCUT2D eigenvalue weighted by Gasteiger charge is 2.13. The second-order valence-electron chi connectivity index (χ2n) is 3.90. The van der Waals surface area contributed by atoms with Crippen molar-refractivity contribution < 1.29 is 9.90 Å². The van der Waals surface area contributed by atoms with E-state index in [4.69, 9.17) is 5.11 Å². The Bertz CT molecular complexity index is 514. The lowest BCUT2D eigenvalue weighted by atomic mass is 10.2. The average molecular weight is 217 g/mol. The highest BCUT2D eigenvalue weighted by atomic mass is 16.4. The molecule has 0 atom stereocenters. The normalized spacial score (nSPS) is 10.8. The number of hydrogen-bond acceptors (Lipinski definition) is 1. The molecule has 0 aliphatic rings. The summed E-state index contributed by atoms with van der Waals surface area (Å²) in [4.78, 5) is 11.1. The van der Waals surface area contributed by atoms with E-state index in [0.717, 1.165) is 30.3 Å². The lowest BCUT2D eigenvalue weighted by Crippen LogP contribution is -2.08. The lowest BCUT2D eigenvalue weighted by Gasteiger charge is -2.06. The smallest absolute Gasteiger partial charge is 0.352 e. The number of aromatic carboxylic acids is 1. The number of carbonyl (C=O) groups is 1. The zero-order valence-electron chi connectivity index (χ0n) is 9.31. The van der Waals surface area contributed by atoms with Gasteiger partial charge in [-0.1, -0.05) is 31.5 Å². The molecule has 16 heavy (non-hydrogen) atoms. The second-order valence-corrected chi connectivity index (χ2v) is 3.90. The van der Waals surface area contributed by atoms with Crippen LogP contribution in [0.4, 0.5) is 0 Å². The van der Waals surface area contributed by atoms with Gasteiger partial charge in [-0.25, -0.2) is 4.79 Å². The maximum Gasteiger partial charge on any atom is 0.352 e. The van der Waals surface area contributed by atoms with E-state index in [1.54, 1.807) is 6.07 Å². The molecule has 0 spiro atoms. The van der Waals surface area contributed by atoms with Gasteiger partial charge in [0.2, 0.25) is 0 Å². The number of carboxylic acid groups (broad SMARTS) is 1. The SMILES string of the molecule is CCCCn1c(C(=O)O)cc2ccccc21. The van der Waals surface area contributed by atoms with E-state index in [2.05, 4.69) is 6.92 Å². The Morgan fingerprint density at radius 1 is 1.38 bits per heavy atom. The quantitative estimate of drug-likeness (QED) is 0.854. The van der Waals surface area contributed by atoms with Crippen molar-refractivity contribution in [3.05, 3.63) is 36.0 Å². The summed E-state index contributed by atoms with van der Waals surface area (Å²) >= 11 is 0. The molecule has 2 rings (SSSR count). The molecule has 3 nitrogen and oxygen atoms in total. The van der Waals surface area contributed by atoms with Gasteiger partial charge in [-0.05, 0) is 18.6 Å². The maximum atomic E-state index is 11.1. The Kier molecular flexibility index (Phi) is 2.95. The van der Waals surface area contributed by atoms with Crippen LogP contribution in [0, 0.1) is 0 Å². The molecule has 3 heteroatoms. The number of nitrogens with zero attached hydrogens (tertiary/aromatic N) is 1. The van der Waals surface area contributed by atoms with Crippen molar-refractivity contribution in [1.82, 2.24) is 4.57 Å². The number of aromatic nitrogens is 1. The first-order valence-corrected chi connectivity index (χ1v) is 5.55. The number of rotatable bonds is 4. The van der Waals surface area contributed by atoms with Crippen LogP contribution < -0.4 is 0 Å². The standard InChI is InChI=1S/C13H15NO2/c1-2-3-8-14-11-7-5-4-6-10(11)9-12(14)13(15)16/h4-7,9H,2-3,8H2,1H3,(H,15,16). The van der Waals surface area contributed by atoms with Crippen molar-refractivity contribution in [2.45, 2.75) is 26.3 Å². The molecule has 0 saturated heterocycles. The van der Waals surface area contributed by atoms with Crippen molar-refractivity contribution >= 4 is 16.9 Å². The summed E-state index contributed by atoms with van der Waals surface area (Å²) in [6, 6.07) is 9.53. The van der Waals surface area contributed by atoms with Gasteiger partial charge in [-0.15, -0.1) is 0 Å². The molecule has 0 aliphatic carbocycles. The summed E-state index contributed by atoms with van der Waals surface area (Å²) in [5.74, 6) is -0.854. The highest BCUT2D eigenvalue weighted by molar-refractivity contribution is 5.94. The minimum absolute atomic E-state index is 0.384. The van der Waals surface area contributed by atoms with Gasteiger partial charge in [-0.2, -0.15) is 0 Å². The predicted molar refractivity (Wildman–Crippen MR) is 63.8 cm³/mol. The van der Waals surface area contributed by atoms with Crippen LogP contribution in [0.1, 0.15) is 30.3 Å². The van der Waals surface area contributed by atoms with Crippen LogP contribution in [0.3, 0.4) is 0 Å². The fourth-order valence-electron chi connectivity index (χ4n) is 1.94. The van der Waals surface area contributed by atoms with Crippen LogP contribution in [0.2, 0.25) is 0 Å². The van der Waals surface area contributed by atoms with E-state index in [1.165, 1.54) is 0 Å². The number of carboxylic acids is 1. The zero-order valence-corrected chi connectivity index (χ0v) is 9.31. The summed E-state index contributed by atoms with van der Waals surface area (Å²) in [7, 11) is 0. The van der Waals surface area contributed by atoms with Gasteiger partial charge in [0.25, 0.3) is 0 Å². The largest absolute Gasteiger partial charge is 0.477 e. The molecule has 2 aromatic rings. The minimum Gasteiger partial charge on any atom is -0.477 e. The molecule has 1 aromatic heterocycles. The Morgan fingerprint density at radius 3 is 2.81 bits per heavy atom. The molecule has 0 unspecified atom stereocenters. The van der Waals surface area contributed by atoms with E-state index in [0.29, 0.717) is 5.69 Å². The summed E-state index contributed by atoms with van der Waals surface area (Å²) in [6.07, 6.45) is 2.06. The monoisotopic (exact) mass is 217 g/mol. The van der Waals surface area contributed by atoms with E-state index >= 15 is 0 Å². The maximum absolute atomic E-state index is 11.1. The van der Waals surface area contributed by atoms with Crippen LogP contribution >= 0.6 is 0 Å². The van der Waals surface area contributed by atoms with Crippen LogP contribution in [0.15, 0.2) is 30.3 Å². The fourth-order valence-corrected chi connectivity index (χ4v) is 1.94. The molecule has 0 bridgehead atoms. The summed E-state index contributed by atoms with van der Waals surface area (Å²) in [5.41, 5.74) is 1.39. The van der Waals surface area contributed by atoms with Gasteiger partial charge in [0.05, 0.1) is 0 Å². The van der Waals surface area contributed by atoms with Gasteiger partial charge in [-0.3, -0.25) is 0 Å². The molecule has 84 valence electrons. The van der Waals surface area contributed by atoms with Crippen molar-refractivity contribution in [2.24, 2.45) is 0 Å². The second kappa shape index (κ2) is 4.39. The van der Waals surface area contributed by atoms with E-state index in [9.17, 15) is 4.79 Å². The third-order valence-corrected chi connectivity index (χ3v) is 2.76. The Labute approximate surface area is 94.3 Å². The summed E-state index contributed by atoms with van der Waals surface area (Å²) < 4.78 is 1.89. The van der Waals surface area contributed by atoms with Gasteiger partial charge >= 0.3 is 5.97 Å². The molecule has 0 aliphatic heterocycles. The molecular weight excluding hydrogens is 202 g/mol. The van der Waals surface area contributed by atoms with Crippen LogP contribution in [0.5, 0.6) is 0 Å². The first-order valence-electron chi connectivity index (χ1n) is 5.55.